The number of fused-ring (bicyclic) bond motifs is 1. The highest BCUT2D eigenvalue weighted by Crippen LogP contribution is 2.39. The normalized spacial score (nSPS) is 17.5. The lowest BCUT2D eigenvalue weighted by Gasteiger charge is -2.35. The molecule has 170 valence electrons. The predicted octanol–water partition coefficient (Wildman–Crippen LogP) is 5.15. The molecule has 1 atom stereocenters. The van der Waals surface area contributed by atoms with Gasteiger partial charge in [0.15, 0.2) is 11.5 Å². The lowest BCUT2D eigenvalue weighted by molar-refractivity contribution is 0.174. The van der Waals surface area contributed by atoms with Gasteiger partial charge >= 0.3 is 6.03 Å². The molecule has 1 unspecified atom stereocenters. The van der Waals surface area contributed by atoms with Crippen LogP contribution < -0.4 is 14.8 Å². The molecule has 0 saturated carbocycles. The molecule has 33 heavy (non-hydrogen) atoms. The topological polar surface area (TPSA) is 89.7 Å². The van der Waals surface area contributed by atoms with E-state index in [1.165, 1.54) is 0 Å². The Morgan fingerprint density at radius 3 is 2.73 bits per heavy atom. The highest BCUT2D eigenvalue weighted by molar-refractivity contribution is 5.86. The van der Waals surface area contributed by atoms with Crippen LogP contribution in [-0.4, -0.2) is 34.4 Å². The van der Waals surface area contributed by atoms with E-state index in [2.05, 4.69) is 17.4 Å². The van der Waals surface area contributed by atoms with Gasteiger partial charge in [-0.1, -0.05) is 55.3 Å². The summed E-state index contributed by atoms with van der Waals surface area (Å²) in [5.74, 6) is 2.19. The first-order chi connectivity index (χ1) is 16.2. The molecule has 0 aliphatic carbocycles. The number of carbonyl (C=O) groups is 1. The van der Waals surface area contributed by atoms with Crippen molar-refractivity contribution in [1.29, 1.82) is 0 Å². The van der Waals surface area contributed by atoms with Gasteiger partial charge in [-0.2, -0.15) is 4.98 Å². The van der Waals surface area contributed by atoms with Gasteiger partial charge in [-0.25, -0.2) is 4.79 Å². The number of nitrogens with zero attached hydrogens (tertiary/aromatic N) is 3. The van der Waals surface area contributed by atoms with Crippen LogP contribution in [0.15, 0.2) is 58.8 Å². The third-order valence-electron chi connectivity index (χ3n) is 6.00. The molecule has 3 heterocycles. The molecular weight excluding hydrogens is 420 g/mol. The maximum atomic E-state index is 13.0. The van der Waals surface area contributed by atoms with Gasteiger partial charge in [-0.3, -0.25) is 4.90 Å². The molecule has 8 heteroatoms. The second-order valence-electron chi connectivity index (χ2n) is 8.14. The third-order valence-corrected chi connectivity index (χ3v) is 6.00. The summed E-state index contributed by atoms with van der Waals surface area (Å²) < 4.78 is 16.6. The van der Waals surface area contributed by atoms with E-state index in [9.17, 15) is 4.79 Å². The molecule has 0 fully saturated rings. The van der Waals surface area contributed by atoms with Crippen molar-refractivity contribution < 1.29 is 18.8 Å². The highest BCUT2D eigenvalue weighted by Gasteiger charge is 2.35. The van der Waals surface area contributed by atoms with E-state index in [-0.39, 0.29) is 18.9 Å². The molecule has 2 amide bonds. The minimum absolute atomic E-state index is 0.114. The van der Waals surface area contributed by atoms with Crippen molar-refractivity contribution in [1.82, 2.24) is 20.4 Å². The number of ether oxygens (including phenoxy) is 2. The summed E-state index contributed by atoms with van der Waals surface area (Å²) in [6, 6.07) is 14.9. The summed E-state index contributed by atoms with van der Waals surface area (Å²) in [5.41, 5.74) is 3.35. The minimum atomic E-state index is -0.383. The van der Waals surface area contributed by atoms with Crippen LogP contribution in [0.1, 0.15) is 50.6 Å². The van der Waals surface area contributed by atoms with Crippen molar-refractivity contribution >= 4 is 11.6 Å². The molecule has 3 aromatic rings. The van der Waals surface area contributed by atoms with Gasteiger partial charge in [0, 0.05) is 17.8 Å². The summed E-state index contributed by atoms with van der Waals surface area (Å²) in [6.07, 6.45) is 3.07. The van der Waals surface area contributed by atoms with E-state index in [0.29, 0.717) is 29.8 Å². The van der Waals surface area contributed by atoms with E-state index < -0.39 is 0 Å². The lowest BCUT2D eigenvalue weighted by atomic mass is 9.94. The summed E-state index contributed by atoms with van der Waals surface area (Å²) in [4.78, 5) is 19.5. The van der Waals surface area contributed by atoms with Crippen molar-refractivity contribution in [3.8, 4) is 22.9 Å². The van der Waals surface area contributed by atoms with E-state index in [1.54, 1.807) is 4.90 Å². The van der Waals surface area contributed by atoms with Gasteiger partial charge < -0.3 is 19.3 Å². The summed E-state index contributed by atoms with van der Waals surface area (Å²) in [7, 11) is 0. The molecule has 1 aromatic heterocycles. The van der Waals surface area contributed by atoms with Crippen LogP contribution in [0.3, 0.4) is 0 Å². The summed E-state index contributed by atoms with van der Waals surface area (Å²) in [6.45, 7) is 4.93. The number of hydrogen-bond acceptors (Lipinski definition) is 6. The number of rotatable bonds is 7. The Kier molecular flexibility index (Phi) is 5.73. The first-order valence-corrected chi connectivity index (χ1v) is 11.2. The number of aromatic nitrogens is 2. The summed E-state index contributed by atoms with van der Waals surface area (Å²) in [5, 5.41) is 7.36. The molecule has 2 aliphatic rings. The average molecular weight is 447 g/mol. The Morgan fingerprint density at radius 2 is 1.91 bits per heavy atom. The summed E-state index contributed by atoms with van der Waals surface area (Å²) >= 11 is 0. The maximum Gasteiger partial charge on any atom is 0.322 e. The number of hydrogen-bond donors (Lipinski definition) is 1. The smallest absolute Gasteiger partial charge is 0.322 e. The molecule has 0 radical (unpaired) electrons. The largest absolute Gasteiger partial charge is 0.454 e. The number of amides is 2. The van der Waals surface area contributed by atoms with Gasteiger partial charge in [-0.15, -0.1) is 0 Å². The molecule has 1 N–H and O–H groups in total. The average Bonchev–Trinajstić information content (AvgIpc) is 3.50. The van der Waals surface area contributed by atoms with Crippen molar-refractivity contribution in [2.24, 2.45) is 0 Å². The van der Waals surface area contributed by atoms with E-state index in [1.807, 2.05) is 55.5 Å². The van der Waals surface area contributed by atoms with Crippen LogP contribution >= 0.6 is 0 Å². The molecular formula is C25H26N4O4. The molecule has 2 aliphatic heterocycles. The van der Waals surface area contributed by atoms with Crippen molar-refractivity contribution in [3.63, 3.8) is 0 Å². The Morgan fingerprint density at radius 1 is 1.09 bits per heavy atom. The van der Waals surface area contributed by atoms with Crippen molar-refractivity contribution in [2.45, 2.75) is 39.2 Å². The second-order valence-corrected chi connectivity index (χ2v) is 8.14. The van der Waals surface area contributed by atoms with Gasteiger partial charge in [0.25, 0.3) is 5.89 Å². The van der Waals surface area contributed by atoms with Crippen LogP contribution in [0.4, 0.5) is 4.79 Å². The first-order valence-electron chi connectivity index (χ1n) is 11.2. The molecule has 8 nitrogen and oxygen atoms in total. The van der Waals surface area contributed by atoms with Crippen molar-refractivity contribution in [3.05, 3.63) is 65.7 Å². The quantitative estimate of drug-likeness (QED) is 0.505. The number of urea groups is 1. The Balaban J connectivity index is 1.54. The van der Waals surface area contributed by atoms with Crippen LogP contribution in [-0.2, 0) is 0 Å². The predicted molar refractivity (Wildman–Crippen MR) is 122 cm³/mol. The Hall–Kier alpha value is -3.81. The standard InChI is InChI=1S/C25H26N4O4/c1-3-4-8-13-29-16(2)21(22(26-25(29)30)17-9-6-5-7-10-17)24-27-23(28-33-24)18-11-12-19-20(14-18)32-15-31-19/h5-7,9-12,14,22H,3-4,8,13,15H2,1-2H3,(H,26,30). The first kappa shape index (κ1) is 21.1. The van der Waals surface area contributed by atoms with Crippen LogP contribution in [0.2, 0.25) is 0 Å². The zero-order valence-corrected chi connectivity index (χ0v) is 18.7. The molecule has 0 bridgehead atoms. The lowest BCUT2D eigenvalue weighted by Crippen LogP contribution is -2.46. The number of nitrogens with one attached hydrogen (secondary N) is 1. The van der Waals surface area contributed by atoms with Gasteiger partial charge in [0.05, 0.1) is 11.6 Å². The monoisotopic (exact) mass is 446 g/mol. The van der Waals surface area contributed by atoms with Gasteiger partial charge in [-0.05, 0) is 37.1 Å². The zero-order valence-electron chi connectivity index (χ0n) is 18.7. The number of benzene rings is 2. The SMILES string of the molecule is CCCCCN1C(=O)NC(c2ccccc2)C(c2nc(-c3ccc4c(c3)OCO4)no2)=C1C. The van der Waals surface area contributed by atoms with E-state index >= 15 is 0 Å². The van der Waals surface area contributed by atoms with Gasteiger partial charge in [0.1, 0.15) is 0 Å². The fraction of sp³-hybridized carbons (Fsp3) is 0.320. The molecule has 0 spiro atoms. The number of carbonyl (C=O) groups excluding carboxylic acids is 1. The number of unbranched alkanes of at least 4 members (excludes halogenated alkanes) is 2. The Bertz CT molecular complexity index is 1190. The second kappa shape index (κ2) is 8.97. The maximum absolute atomic E-state index is 13.0. The fourth-order valence-corrected chi connectivity index (χ4v) is 4.23. The van der Waals surface area contributed by atoms with Crippen LogP contribution in [0.25, 0.3) is 17.0 Å². The molecule has 5 rings (SSSR count). The number of allylic oxidation sites excluding steroid dienone is 1. The molecule has 2 aromatic carbocycles. The van der Waals surface area contributed by atoms with E-state index in [0.717, 1.165) is 41.7 Å². The molecule has 0 saturated heterocycles. The Labute approximate surface area is 192 Å². The highest BCUT2D eigenvalue weighted by atomic mass is 16.7. The van der Waals surface area contributed by atoms with Gasteiger partial charge in [0.2, 0.25) is 12.6 Å². The van der Waals surface area contributed by atoms with Crippen LogP contribution in [0.5, 0.6) is 11.5 Å². The van der Waals surface area contributed by atoms with Crippen LogP contribution in [0, 0.1) is 0 Å². The minimum Gasteiger partial charge on any atom is -0.454 e. The fourth-order valence-electron chi connectivity index (χ4n) is 4.23. The van der Waals surface area contributed by atoms with E-state index in [4.69, 9.17) is 19.0 Å². The third kappa shape index (κ3) is 4.04. The van der Waals surface area contributed by atoms with Crippen molar-refractivity contribution in [2.75, 3.05) is 13.3 Å². The zero-order chi connectivity index (χ0) is 22.8.